The number of H-pyrrole nitrogens is 1. The number of nitrogens with zero attached hydrogens (tertiary/aromatic N) is 2. The minimum atomic E-state index is 0.0298. The smallest absolute Gasteiger partial charge is 0.190 e. The number of aromatic nitrogens is 3. The van der Waals surface area contributed by atoms with Gasteiger partial charge in [-0.15, -0.1) is 0 Å². The van der Waals surface area contributed by atoms with Crippen molar-refractivity contribution in [3.63, 3.8) is 0 Å². The SMILES string of the molecule is COc1ccc2nc3n[nH]c(C)c3c(SC(C)=O)c2c1. The molecule has 2 aromatic heterocycles. The topological polar surface area (TPSA) is 67.9 Å². The summed E-state index contributed by atoms with van der Waals surface area (Å²) in [7, 11) is 1.62. The van der Waals surface area contributed by atoms with Crippen molar-refractivity contribution in [2.45, 2.75) is 18.7 Å². The van der Waals surface area contributed by atoms with Gasteiger partial charge < -0.3 is 4.74 Å². The van der Waals surface area contributed by atoms with Crippen LogP contribution >= 0.6 is 11.8 Å². The fraction of sp³-hybridized carbons (Fsp3) is 0.214. The van der Waals surface area contributed by atoms with E-state index < -0.39 is 0 Å². The summed E-state index contributed by atoms with van der Waals surface area (Å²) in [6.45, 7) is 3.48. The number of hydrogen-bond donors (Lipinski definition) is 1. The lowest BCUT2D eigenvalue weighted by Crippen LogP contribution is -1.91. The van der Waals surface area contributed by atoms with Crippen LogP contribution in [-0.4, -0.2) is 27.4 Å². The Kier molecular flexibility index (Phi) is 3.10. The van der Waals surface area contributed by atoms with Crippen molar-refractivity contribution in [2.75, 3.05) is 7.11 Å². The second-order valence-corrected chi connectivity index (χ2v) is 5.65. The second-order valence-electron chi connectivity index (χ2n) is 4.46. The zero-order valence-electron chi connectivity index (χ0n) is 11.4. The second kappa shape index (κ2) is 4.79. The molecule has 0 unspecified atom stereocenters. The molecule has 0 saturated heterocycles. The van der Waals surface area contributed by atoms with Crippen molar-refractivity contribution >= 4 is 38.8 Å². The average Bonchev–Trinajstić information content (AvgIpc) is 2.79. The number of aromatic amines is 1. The van der Waals surface area contributed by atoms with Gasteiger partial charge in [-0.25, -0.2) is 4.98 Å². The Morgan fingerprint density at radius 2 is 2.20 bits per heavy atom. The van der Waals surface area contributed by atoms with E-state index in [2.05, 4.69) is 15.2 Å². The molecule has 0 radical (unpaired) electrons. The van der Waals surface area contributed by atoms with Crippen molar-refractivity contribution in [3.05, 3.63) is 23.9 Å². The molecule has 0 atom stereocenters. The van der Waals surface area contributed by atoms with Crippen molar-refractivity contribution in [3.8, 4) is 5.75 Å². The highest BCUT2D eigenvalue weighted by Gasteiger charge is 2.16. The lowest BCUT2D eigenvalue weighted by atomic mass is 10.1. The summed E-state index contributed by atoms with van der Waals surface area (Å²) < 4.78 is 5.26. The van der Waals surface area contributed by atoms with Crippen molar-refractivity contribution < 1.29 is 9.53 Å². The van der Waals surface area contributed by atoms with E-state index in [0.29, 0.717) is 5.65 Å². The standard InChI is InChI=1S/C14H13N3O2S/c1-7-12-13(20-8(2)18)10-6-9(19-3)4-5-11(10)15-14(12)17-16-7/h4-6H,1-3H3,(H,15,16,17). The third-order valence-corrected chi connectivity index (χ3v) is 3.99. The van der Waals surface area contributed by atoms with Crippen LogP contribution in [0.15, 0.2) is 23.1 Å². The van der Waals surface area contributed by atoms with Crippen molar-refractivity contribution in [2.24, 2.45) is 0 Å². The number of methoxy groups -OCH3 is 1. The summed E-state index contributed by atoms with van der Waals surface area (Å²) in [5.74, 6) is 0.741. The van der Waals surface area contributed by atoms with Crippen LogP contribution in [-0.2, 0) is 4.79 Å². The molecular formula is C14H13N3O2S. The van der Waals surface area contributed by atoms with E-state index in [1.807, 2.05) is 25.1 Å². The Morgan fingerprint density at radius 1 is 1.40 bits per heavy atom. The van der Waals surface area contributed by atoms with E-state index in [1.165, 1.54) is 11.8 Å². The van der Waals surface area contributed by atoms with E-state index in [1.54, 1.807) is 14.0 Å². The number of hydrogen-bond acceptors (Lipinski definition) is 5. The fourth-order valence-electron chi connectivity index (χ4n) is 2.19. The van der Waals surface area contributed by atoms with E-state index in [0.717, 1.165) is 32.6 Å². The zero-order chi connectivity index (χ0) is 14.3. The first-order valence-electron chi connectivity index (χ1n) is 6.11. The quantitative estimate of drug-likeness (QED) is 0.734. The lowest BCUT2D eigenvalue weighted by molar-refractivity contribution is -0.109. The summed E-state index contributed by atoms with van der Waals surface area (Å²) in [6.07, 6.45) is 0. The number of ether oxygens (including phenoxy) is 1. The first-order chi connectivity index (χ1) is 9.60. The number of carbonyl (C=O) groups is 1. The van der Waals surface area contributed by atoms with Gasteiger partial charge in [-0.1, -0.05) is 11.8 Å². The summed E-state index contributed by atoms with van der Waals surface area (Å²) in [4.78, 5) is 17.0. The molecule has 0 amide bonds. The van der Waals surface area contributed by atoms with Crippen molar-refractivity contribution in [1.29, 1.82) is 0 Å². The van der Waals surface area contributed by atoms with Crippen LogP contribution in [0.3, 0.4) is 0 Å². The molecule has 5 nitrogen and oxygen atoms in total. The Morgan fingerprint density at radius 3 is 2.90 bits per heavy atom. The van der Waals surface area contributed by atoms with Crippen LogP contribution in [0.5, 0.6) is 5.75 Å². The molecule has 1 N–H and O–H groups in total. The number of thioether (sulfide) groups is 1. The third kappa shape index (κ3) is 2.02. The Labute approximate surface area is 119 Å². The number of benzene rings is 1. The highest BCUT2D eigenvalue weighted by Crippen LogP contribution is 2.36. The molecule has 102 valence electrons. The Balaban J connectivity index is 2.43. The molecule has 0 saturated carbocycles. The van der Waals surface area contributed by atoms with Crippen LogP contribution in [0.2, 0.25) is 0 Å². The molecule has 2 heterocycles. The van der Waals surface area contributed by atoms with Crippen LogP contribution in [0.4, 0.5) is 0 Å². The van der Waals surface area contributed by atoms with Gasteiger partial charge >= 0.3 is 0 Å². The first kappa shape index (κ1) is 12.9. The lowest BCUT2D eigenvalue weighted by Gasteiger charge is -2.08. The van der Waals surface area contributed by atoms with Gasteiger partial charge in [0.1, 0.15) is 5.75 Å². The average molecular weight is 287 g/mol. The molecule has 6 heteroatoms. The number of pyridine rings is 1. The summed E-state index contributed by atoms with van der Waals surface area (Å²) in [6, 6.07) is 5.63. The highest BCUT2D eigenvalue weighted by molar-refractivity contribution is 8.14. The van der Waals surface area contributed by atoms with Gasteiger partial charge in [0.2, 0.25) is 0 Å². The molecule has 0 aliphatic heterocycles. The van der Waals surface area contributed by atoms with Gasteiger partial charge in [0.05, 0.1) is 18.0 Å². The van der Waals surface area contributed by atoms with Gasteiger partial charge in [-0.05, 0) is 25.1 Å². The maximum atomic E-state index is 11.6. The molecule has 0 aliphatic carbocycles. The molecule has 0 spiro atoms. The predicted molar refractivity (Wildman–Crippen MR) is 79.2 cm³/mol. The molecule has 3 rings (SSSR count). The van der Waals surface area contributed by atoms with Gasteiger partial charge in [0, 0.05) is 22.9 Å². The van der Waals surface area contributed by atoms with E-state index in [9.17, 15) is 4.79 Å². The molecule has 20 heavy (non-hydrogen) atoms. The normalized spacial score (nSPS) is 11.2. The number of fused-ring (bicyclic) bond motifs is 2. The molecule has 0 fully saturated rings. The zero-order valence-corrected chi connectivity index (χ0v) is 12.2. The summed E-state index contributed by atoms with van der Waals surface area (Å²) in [5.41, 5.74) is 2.33. The fourth-order valence-corrected chi connectivity index (χ4v) is 3.10. The van der Waals surface area contributed by atoms with Crippen LogP contribution < -0.4 is 4.74 Å². The number of nitrogens with one attached hydrogen (secondary N) is 1. The number of rotatable bonds is 2. The largest absolute Gasteiger partial charge is 0.497 e. The molecule has 3 aromatic rings. The minimum Gasteiger partial charge on any atom is -0.497 e. The first-order valence-corrected chi connectivity index (χ1v) is 6.92. The monoisotopic (exact) mass is 287 g/mol. The molecule has 0 bridgehead atoms. The maximum absolute atomic E-state index is 11.6. The maximum Gasteiger partial charge on any atom is 0.190 e. The van der Waals surface area contributed by atoms with Gasteiger partial charge in [0.15, 0.2) is 10.8 Å². The minimum absolute atomic E-state index is 0.0298. The van der Waals surface area contributed by atoms with E-state index in [-0.39, 0.29) is 5.12 Å². The summed E-state index contributed by atoms with van der Waals surface area (Å²) in [5, 5.41) is 8.94. The Hall–Kier alpha value is -2.08. The van der Waals surface area contributed by atoms with Crippen LogP contribution in [0.25, 0.3) is 21.9 Å². The van der Waals surface area contributed by atoms with Gasteiger partial charge in [-0.3, -0.25) is 9.89 Å². The van der Waals surface area contributed by atoms with E-state index in [4.69, 9.17) is 4.74 Å². The van der Waals surface area contributed by atoms with E-state index >= 15 is 0 Å². The summed E-state index contributed by atoms with van der Waals surface area (Å²) >= 11 is 1.20. The van der Waals surface area contributed by atoms with Gasteiger partial charge in [0.25, 0.3) is 0 Å². The molecule has 0 aliphatic rings. The molecule has 1 aromatic carbocycles. The van der Waals surface area contributed by atoms with Crippen LogP contribution in [0.1, 0.15) is 12.6 Å². The number of carbonyl (C=O) groups excluding carboxylic acids is 1. The number of aryl methyl sites for hydroxylation is 1. The Bertz CT molecular complexity index is 826. The molecular weight excluding hydrogens is 274 g/mol. The van der Waals surface area contributed by atoms with Gasteiger partial charge in [-0.2, -0.15) is 5.10 Å². The third-order valence-electron chi connectivity index (χ3n) is 3.08. The predicted octanol–water partition coefficient (Wildman–Crippen LogP) is 3.07. The van der Waals surface area contributed by atoms with Crippen molar-refractivity contribution in [1.82, 2.24) is 15.2 Å². The van der Waals surface area contributed by atoms with Crippen LogP contribution in [0, 0.1) is 6.92 Å². The highest BCUT2D eigenvalue weighted by atomic mass is 32.2.